The molecule has 0 saturated carbocycles. The number of esters is 1. The Balaban J connectivity index is 1.98. The maximum atomic E-state index is 12.1. The number of unbranched alkanes of at least 4 members (excludes halogenated alkanes) is 1. The van der Waals surface area contributed by atoms with Gasteiger partial charge in [-0.3, -0.25) is 4.79 Å². The second-order valence-corrected chi connectivity index (χ2v) is 4.98. The van der Waals surface area contributed by atoms with Gasteiger partial charge in [-0.1, -0.05) is 13.3 Å². The maximum Gasteiger partial charge on any atom is 0.338 e. The molecule has 0 spiro atoms. The van der Waals surface area contributed by atoms with Crippen LogP contribution in [0, 0.1) is 0 Å². The molecule has 1 aliphatic heterocycles. The van der Waals surface area contributed by atoms with Crippen molar-refractivity contribution in [3.8, 4) is 17.2 Å². The number of carbonyl (C=O) groups excluding carboxylic acids is 2. The van der Waals surface area contributed by atoms with Gasteiger partial charge in [0.25, 0.3) is 5.91 Å². The van der Waals surface area contributed by atoms with Crippen molar-refractivity contribution in [3.05, 3.63) is 17.7 Å². The summed E-state index contributed by atoms with van der Waals surface area (Å²) in [6, 6.07) is 3.03. The number of fused-ring (bicyclic) bond motifs is 1. The average Bonchev–Trinajstić information content (AvgIpc) is 2.58. The molecule has 1 aromatic rings. The number of amides is 1. The second-order valence-electron chi connectivity index (χ2n) is 4.98. The Morgan fingerprint density at radius 3 is 2.78 bits per heavy atom. The zero-order chi connectivity index (χ0) is 16.7. The van der Waals surface area contributed by atoms with Crippen LogP contribution in [0.15, 0.2) is 12.1 Å². The molecule has 2 rings (SSSR count). The Hall–Kier alpha value is -2.44. The second kappa shape index (κ2) is 8.26. The van der Waals surface area contributed by atoms with E-state index in [1.54, 1.807) is 0 Å². The molecule has 1 aliphatic rings. The van der Waals surface area contributed by atoms with E-state index >= 15 is 0 Å². The van der Waals surface area contributed by atoms with Gasteiger partial charge in [0.15, 0.2) is 18.1 Å². The molecular weight excluding hydrogens is 302 g/mol. The van der Waals surface area contributed by atoms with Gasteiger partial charge in [0.1, 0.15) is 13.2 Å². The summed E-state index contributed by atoms with van der Waals surface area (Å²) in [5.74, 6) is 0.339. The van der Waals surface area contributed by atoms with Crippen LogP contribution < -0.4 is 19.5 Å². The minimum Gasteiger partial charge on any atom is -0.493 e. The van der Waals surface area contributed by atoms with Gasteiger partial charge in [-0.15, -0.1) is 0 Å². The highest BCUT2D eigenvalue weighted by atomic mass is 16.6. The summed E-state index contributed by atoms with van der Waals surface area (Å²) in [6.07, 6.45) is 1.87. The van der Waals surface area contributed by atoms with Crippen molar-refractivity contribution in [1.82, 2.24) is 5.32 Å². The molecule has 0 aliphatic carbocycles. The summed E-state index contributed by atoms with van der Waals surface area (Å²) in [5, 5.41) is 2.68. The van der Waals surface area contributed by atoms with Crippen molar-refractivity contribution in [2.75, 3.05) is 33.5 Å². The van der Waals surface area contributed by atoms with E-state index in [1.807, 2.05) is 6.92 Å². The van der Waals surface area contributed by atoms with Gasteiger partial charge in [-0.2, -0.15) is 0 Å². The third kappa shape index (κ3) is 4.51. The normalized spacial score (nSPS) is 12.4. The molecular formula is C16H21NO6. The van der Waals surface area contributed by atoms with Crippen molar-refractivity contribution >= 4 is 11.9 Å². The number of nitrogens with one attached hydrogen (secondary N) is 1. The van der Waals surface area contributed by atoms with Crippen LogP contribution in [0.4, 0.5) is 0 Å². The molecule has 0 bridgehead atoms. The molecule has 1 aromatic carbocycles. The number of hydrogen-bond acceptors (Lipinski definition) is 6. The zero-order valence-corrected chi connectivity index (χ0v) is 13.3. The van der Waals surface area contributed by atoms with Crippen molar-refractivity contribution in [3.63, 3.8) is 0 Å². The lowest BCUT2D eigenvalue weighted by Gasteiger charge is -2.21. The van der Waals surface area contributed by atoms with E-state index in [1.165, 1.54) is 19.2 Å². The van der Waals surface area contributed by atoms with E-state index in [4.69, 9.17) is 18.9 Å². The fourth-order valence-corrected chi connectivity index (χ4v) is 2.06. The lowest BCUT2D eigenvalue weighted by molar-refractivity contribution is -0.124. The molecule has 7 heteroatoms. The van der Waals surface area contributed by atoms with Crippen LogP contribution >= 0.6 is 0 Å². The maximum absolute atomic E-state index is 12.1. The van der Waals surface area contributed by atoms with Crippen molar-refractivity contribution in [1.29, 1.82) is 0 Å². The summed E-state index contributed by atoms with van der Waals surface area (Å²) < 4.78 is 21.1. The van der Waals surface area contributed by atoms with Crippen molar-refractivity contribution < 1.29 is 28.5 Å². The number of rotatable bonds is 7. The van der Waals surface area contributed by atoms with Crippen LogP contribution in [0.25, 0.3) is 0 Å². The van der Waals surface area contributed by atoms with Crippen LogP contribution in [-0.2, 0) is 9.53 Å². The minimum absolute atomic E-state index is 0.243. The molecule has 0 aromatic heterocycles. The van der Waals surface area contributed by atoms with Crippen LogP contribution in [0.2, 0.25) is 0 Å². The van der Waals surface area contributed by atoms with E-state index in [0.717, 1.165) is 12.8 Å². The number of ether oxygens (including phenoxy) is 4. The first kappa shape index (κ1) is 16.9. The molecule has 1 amide bonds. The van der Waals surface area contributed by atoms with Crippen molar-refractivity contribution in [2.24, 2.45) is 0 Å². The minimum atomic E-state index is -0.620. The Bertz CT molecular complexity index is 555. The average molecular weight is 323 g/mol. The summed E-state index contributed by atoms with van der Waals surface area (Å²) in [4.78, 5) is 23.6. The topological polar surface area (TPSA) is 83.1 Å². The SMILES string of the molecule is CCCCNC(=O)COC(=O)c1cc(OC)c2c(c1)OCCO2. The summed E-state index contributed by atoms with van der Waals surface area (Å²) in [5.41, 5.74) is 0.243. The van der Waals surface area contributed by atoms with Gasteiger partial charge < -0.3 is 24.3 Å². The molecule has 0 atom stereocenters. The van der Waals surface area contributed by atoms with E-state index in [-0.39, 0.29) is 18.1 Å². The predicted octanol–water partition coefficient (Wildman–Crippen LogP) is 1.54. The Morgan fingerprint density at radius 2 is 2.04 bits per heavy atom. The molecule has 0 unspecified atom stereocenters. The summed E-state index contributed by atoms with van der Waals surface area (Å²) >= 11 is 0. The highest BCUT2D eigenvalue weighted by Crippen LogP contribution is 2.40. The largest absolute Gasteiger partial charge is 0.493 e. The Kier molecular flexibility index (Phi) is 6.08. The van der Waals surface area contributed by atoms with E-state index in [9.17, 15) is 9.59 Å². The van der Waals surface area contributed by atoms with Gasteiger partial charge >= 0.3 is 5.97 Å². The van der Waals surface area contributed by atoms with Gasteiger partial charge in [0.2, 0.25) is 5.75 Å². The molecule has 23 heavy (non-hydrogen) atoms. The molecule has 0 fully saturated rings. The number of benzene rings is 1. The van der Waals surface area contributed by atoms with Crippen molar-refractivity contribution in [2.45, 2.75) is 19.8 Å². The lowest BCUT2D eigenvalue weighted by atomic mass is 10.1. The highest BCUT2D eigenvalue weighted by Gasteiger charge is 2.21. The van der Waals surface area contributed by atoms with Crippen LogP contribution in [0.1, 0.15) is 30.1 Å². The van der Waals surface area contributed by atoms with Gasteiger partial charge in [0, 0.05) is 6.54 Å². The fourth-order valence-electron chi connectivity index (χ4n) is 2.06. The number of methoxy groups -OCH3 is 1. The monoisotopic (exact) mass is 323 g/mol. The molecule has 1 N–H and O–H groups in total. The van der Waals surface area contributed by atoms with Crippen LogP contribution in [0.3, 0.4) is 0 Å². The van der Waals surface area contributed by atoms with Gasteiger partial charge in [-0.25, -0.2) is 4.79 Å². The molecule has 7 nitrogen and oxygen atoms in total. The van der Waals surface area contributed by atoms with Gasteiger partial charge in [0.05, 0.1) is 12.7 Å². The van der Waals surface area contributed by atoms with Crippen LogP contribution in [0.5, 0.6) is 17.2 Å². The third-order valence-electron chi connectivity index (χ3n) is 3.25. The molecule has 0 radical (unpaired) electrons. The predicted molar refractivity (Wildman–Crippen MR) is 82.2 cm³/mol. The fraction of sp³-hybridized carbons (Fsp3) is 0.500. The highest BCUT2D eigenvalue weighted by molar-refractivity contribution is 5.92. The zero-order valence-electron chi connectivity index (χ0n) is 13.3. The Labute approximate surface area is 134 Å². The number of carbonyl (C=O) groups is 2. The first-order valence-electron chi connectivity index (χ1n) is 7.57. The third-order valence-corrected chi connectivity index (χ3v) is 3.25. The number of hydrogen-bond donors (Lipinski definition) is 1. The lowest BCUT2D eigenvalue weighted by Crippen LogP contribution is -2.29. The summed E-state index contributed by atoms with van der Waals surface area (Å²) in [7, 11) is 1.48. The molecule has 126 valence electrons. The smallest absolute Gasteiger partial charge is 0.338 e. The van der Waals surface area contributed by atoms with E-state index in [2.05, 4.69) is 5.32 Å². The molecule has 1 heterocycles. The van der Waals surface area contributed by atoms with Crippen LogP contribution in [-0.4, -0.2) is 45.4 Å². The molecule has 0 saturated heterocycles. The van der Waals surface area contributed by atoms with Gasteiger partial charge in [-0.05, 0) is 18.6 Å². The van der Waals surface area contributed by atoms with E-state index in [0.29, 0.717) is 37.0 Å². The van der Waals surface area contributed by atoms with E-state index < -0.39 is 5.97 Å². The Morgan fingerprint density at radius 1 is 1.26 bits per heavy atom. The summed E-state index contributed by atoms with van der Waals surface area (Å²) in [6.45, 7) is 3.10. The standard InChI is InChI=1S/C16H21NO6/c1-3-4-5-17-14(18)10-23-16(19)11-8-12(20-2)15-13(9-11)21-6-7-22-15/h8-9H,3-7,10H2,1-2H3,(H,17,18). The quantitative estimate of drug-likeness (QED) is 0.605. The first-order chi connectivity index (χ1) is 11.2. The first-order valence-corrected chi connectivity index (χ1v) is 7.57.